The molecule has 0 radical (unpaired) electrons. The summed E-state index contributed by atoms with van der Waals surface area (Å²) in [5.41, 5.74) is 0. The first-order valence-corrected chi connectivity index (χ1v) is 4.27. The molecule has 5 nitrogen and oxygen atoms in total. The molecule has 0 saturated carbocycles. The lowest BCUT2D eigenvalue weighted by molar-refractivity contribution is -0.274. The van der Waals surface area contributed by atoms with E-state index in [9.17, 15) is 10.2 Å². The lowest BCUT2D eigenvalue weighted by Gasteiger charge is -2.40. The number of rotatable bonds is 2. The van der Waals surface area contributed by atoms with Crippen LogP contribution in [-0.2, 0) is 9.47 Å². The maximum Gasteiger partial charge on any atom is 0.162 e. The summed E-state index contributed by atoms with van der Waals surface area (Å²) in [6, 6.07) is 0. The Bertz CT molecular complexity index is 143. The number of hydrogen-bond donors (Lipinski definition) is 3. The first-order chi connectivity index (χ1) is 6.11. The molecule has 3 N–H and O–H groups in total. The molecular weight excluding hydrogens is 176 g/mol. The molecule has 0 spiro atoms. The molecule has 1 rings (SSSR count). The molecule has 0 aliphatic carbocycles. The first-order valence-electron chi connectivity index (χ1n) is 4.27. The highest BCUT2D eigenvalue weighted by Crippen LogP contribution is 2.25. The Morgan fingerprint density at radius 3 is 2.38 bits per heavy atom. The zero-order valence-electron chi connectivity index (χ0n) is 7.75. The van der Waals surface area contributed by atoms with Gasteiger partial charge in [-0.1, -0.05) is 6.92 Å². The smallest absolute Gasteiger partial charge is 0.162 e. The number of ether oxygens (including phenoxy) is 2. The van der Waals surface area contributed by atoms with Crippen molar-refractivity contribution in [2.24, 2.45) is 5.92 Å². The van der Waals surface area contributed by atoms with Crippen LogP contribution in [0.25, 0.3) is 0 Å². The highest BCUT2D eigenvalue weighted by Gasteiger charge is 2.41. The minimum atomic E-state index is -1.05. The van der Waals surface area contributed by atoms with Crippen molar-refractivity contribution in [1.82, 2.24) is 0 Å². The third-order valence-corrected chi connectivity index (χ3v) is 2.42. The summed E-state index contributed by atoms with van der Waals surface area (Å²) in [7, 11) is 1.46. The maximum atomic E-state index is 9.53. The van der Waals surface area contributed by atoms with Gasteiger partial charge in [-0.15, -0.1) is 0 Å². The Labute approximate surface area is 76.9 Å². The minimum absolute atomic E-state index is 0.303. The lowest BCUT2D eigenvalue weighted by atomic mass is 9.93. The molecule has 5 heteroatoms. The predicted molar refractivity (Wildman–Crippen MR) is 43.9 cm³/mol. The van der Waals surface area contributed by atoms with Gasteiger partial charge in [-0.25, -0.2) is 0 Å². The molecule has 0 aromatic carbocycles. The summed E-state index contributed by atoms with van der Waals surface area (Å²) >= 11 is 0. The Balaban J connectivity index is 2.66. The van der Waals surface area contributed by atoms with Gasteiger partial charge < -0.3 is 24.8 Å². The Morgan fingerprint density at radius 1 is 1.31 bits per heavy atom. The summed E-state index contributed by atoms with van der Waals surface area (Å²) in [6.45, 7) is 1.39. The average Bonchev–Trinajstić information content (AvgIpc) is 2.15. The van der Waals surface area contributed by atoms with Crippen LogP contribution in [-0.4, -0.2) is 53.6 Å². The van der Waals surface area contributed by atoms with Crippen molar-refractivity contribution in [3.05, 3.63) is 0 Å². The molecule has 0 unspecified atom stereocenters. The average molecular weight is 192 g/mol. The fraction of sp³-hybridized carbons (Fsp3) is 1.00. The van der Waals surface area contributed by atoms with Gasteiger partial charge in [0.05, 0.1) is 12.7 Å². The Hall–Kier alpha value is -0.200. The van der Waals surface area contributed by atoms with Gasteiger partial charge in [-0.3, -0.25) is 0 Å². The maximum absolute atomic E-state index is 9.53. The van der Waals surface area contributed by atoms with Gasteiger partial charge in [0, 0.05) is 13.0 Å². The van der Waals surface area contributed by atoms with E-state index in [0.29, 0.717) is 0 Å². The minimum Gasteiger partial charge on any atom is -0.394 e. The monoisotopic (exact) mass is 192 g/mol. The number of aliphatic hydroxyl groups is 3. The summed E-state index contributed by atoms with van der Waals surface area (Å²) < 4.78 is 10.1. The van der Waals surface area contributed by atoms with Gasteiger partial charge in [0.25, 0.3) is 0 Å². The van der Waals surface area contributed by atoms with E-state index in [0.717, 1.165) is 0 Å². The van der Waals surface area contributed by atoms with Gasteiger partial charge in [0.15, 0.2) is 6.29 Å². The second-order valence-corrected chi connectivity index (χ2v) is 3.30. The lowest BCUT2D eigenvalue weighted by Crippen LogP contribution is -2.55. The summed E-state index contributed by atoms with van der Waals surface area (Å²) in [4.78, 5) is 0. The summed E-state index contributed by atoms with van der Waals surface area (Å²) in [5.74, 6) is -0.303. The van der Waals surface area contributed by atoms with E-state index in [-0.39, 0.29) is 12.5 Å². The molecule has 13 heavy (non-hydrogen) atoms. The van der Waals surface area contributed by atoms with E-state index < -0.39 is 24.6 Å². The van der Waals surface area contributed by atoms with E-state index in [1.807, 2.05) is 0 Å². The molecule has 1 saturated heterocycles. The molecule has 1 aliphatic rings. The van der Waals surface area contributed by atoms with Crippen molar-refractivity contribution in [3.8, 4) is 0 Å². The van der Waals surface area contributed by atoms with E-state index >= 15 is 0 Å². The van der Waals surface area contributed by atoms with Crippen LogP contribution in [0.15, 0.2) is 0 Å². The highest BCUT2D eigenvalue weighted by atomic mass is 16.7. The van der Waals surface area contributed by atoms with Gasteiger partial charge in [-0.2, -0.15) is 0 Å². The molecule has 0 amide bonds. The van der Waals surface area contributed by atoms with Gasteiger partial charge in [0.1, 0.15) is 12.2 Å². The number of methoxy groups -OCH3 is 1. The third-order valence-electron chi connectivity index (χ3n) is 2.42. The van der Waals surface area contributed by atoms with Gasteiger partial charge in [-0.05, 0) is 0 Å². The van der Waals surface area contributed by atoms with Crippen LogP contribution in [0.1, 0.15) is 6.92 Å². The van der Waals surface area contributed by atoms with E-state index in [4.69, 9.17) is 14.6 Å². The van der Waals surface area contributed by atoms with Crippen LogP contribution in [0.5, 0.6) is 0 Å². The summed E-state index contributed by atoms with van der Waals surface area (Å²) in [6.07, 6.45) is -3.31. The van der Waals surface area contributed by atoms with Crippen LogP contribution in [0.2, 0.25) is 0 Å². The third kappa shape index (κ3) is 2.00. The standard InChI is InChI=1S/C8H16O5/c1-4-6(10)7(11)5(3-9)13-8(4)12-2/h4-11H,3H2,1-2H3/t4-,5-,6-,7-,8+/m1/s1. The fourth-order valence-electron chi connectivity index (χ4n) is 1.49. The Kier molecular flexibility index (Phi) is 3.63. The van der Waals surface area contributed by atoms with Crippen LogP contribution < -0.4 is 0 Å². The van der Waals surface area contributed by atoms with Crippen LogP contribution in [0, 0.1) is 5.92 Å². The predicted octanol–water partition coefficient (Wildman–Crippen LogP) is -1.29. The number of aliphatic hydroxyl groups excluding tert-OH is 3. The van der Waals surface area contributed by atoms with Crippen molar-refractivity contribution in [1.29, 1.82) is 0 Å². The van der Waals surface area contributed by atoms with Crippen molar-refractivity contribution in [3.63, 3.8) is 0 Å². The normalized spacial score (nSPS) is 46.4. The topological polar surface area (TPSA) is 79.2 Å². The molecular formula is C8H16O5. The molecule has 1 aliphatic heterocycles. The van der Waals surface area contributed by atoms with Gasteiger partial charge >= 0.3 is 0 Å². The number of hydrogen-bond acceptors (Lipinski definition) is 5. The fourth-order valence-corrected chi connectivity index (χ4v) is 1.49. The zero-order valence-corrected chi connectivity index (χ0v) is 7.75. The molecule has 1 fully saturated rings. The van der Waals surface area contributed by atoms with Crippen LogP contribution >= 0.6 is 0 Å². The molecule has 0 aromatic heterocycles. The van der Waals surface area contributed by atoms with Crippen molar-refractivity contribution < 1.29 is 24.8 Å². The molecule has 78 valence electrons. The van der Waals surface area contributed by atoms with Crippen molar-refractivity contribution in [2.45, 2.75) is 31.5 Å². The molecule has 0 aromatic rings. The van der Waals surface area contributed by atoms with E-state index in [1.54, 1.807) is 6.92 Å². The zero-order chi connectivity index (χ0) is 10.0. The highest BCUT2D eigenvalue weighted by molar-refractivity contribution is 4.86. The van der Waals surface area contributed by atoms with E-state index in [2.05, 4.69) is 0 Å². The second kappa shape index (κ2) is 4.34. The van der Waals surface area contributed by atoms with Crippen molar-refractivity contribution >= 4 is 0 Å². The first kappa shape index (κ1) is 10.9. The SMILES string of the molecule is CO[C@H]1O[C@H](CO)[C@@H](O)[C@H](O)[C@H]1C. The summed E-state index contributed by atoms with van der Waals surface area (Å²) in [5, 5.41) is 27.8. The van der Waals surface area contributed by atoms with E-state index in [1.165, 1.54) is 7.11 Å². The largest absolute Gasteiger partial charge is 0.394 e. The van der Waals surface area contributed by atoms with Crippen LogP contribution in [0.4, 0.5) is 0 Å². The van der Waals surface area contributed by atoms with Crippen LogP contribution in [0.3, 0.4) is 0 Å². The Morgan fingerprint density at radius 2 is 1.92 bits per heavy atom. The molecule has 1 heterocycles. The van der Waals surface area contributed by atoms with Crippen molar-refractivity contribution in [2.75, 3.05) is 13.7 Å². The second-order valence-electron chi connectivity index (χ2n) is 3.30. The van der Waals surface area contributed by atoms with Gasteiger partial charge in [0.2, 0.25) is 0 Å². The quantitative estimate of drug-likeness (QED) is 0.507. The molecule has 0 bridgehead atoms. The molecule has 5 atom stereocenters.